The Hall–Kier alpha value is -0.0400. The summed E-state index contributed by atoms with van der Waals surface area (Å²) in [5.74, 6) is 0.427. The average Bonchev–Trinajstić information content (AvgIpc) is 2.04. The van der Waals surface area contributed by atoms with Gasteiger partial charge in [0.15, 0.2) is 0 Å². The molecule has 0 aliphatic heterocycles. The van der Waals surface area contributed by atoms with Gasteiger partial charge in [0.2, 0.25) is 0 Å². The van der Waals surface area contributed by atoms with Crippen LogP contribution in [-0.4, -0.2) is 11.2 Å². The van der Waals surface area contributed by atoms with Crippen LogP contribution in [0.4, 0.5) is 0 Å². The molecule has 0 amide bonds. The van der Waals surface area contributed by atoms with E-state index in [0.717, 1.165) is 6.42 Å². The number of aliphatic hydroxyl groups excluding tert-OH is 1. The van der Waals surface area contributed by atoms with Gasteiger partial charge < -0.3 is 5.11 Å². The van der Waals surface area contributed by atoms with Crippen LogP contribution in [-0.2, 0) is 0 Å². The maximum Gasteiger partial charge on any atom is 0.0537 e. The van der Waals surface area contributed by atoms with E-state index in [2.05, 4.69) is 27.7 Å². The van der Waals surface area contributed by atoms with Gasteiger partial charge in [0, 0.05) is 0 Å². The van der Waals surface area contributed by atoms with Crippen LogP contribution in [0.3, 0.4) is 0 Å². The predicted molar refractivity (Wildman–Crippen MR) is 58.8 cm³/mol. The summed E-state index contributed by atoms with van der Waals surface area (Å²) in [6.07, 6.45) is 4.73. The van der Waals surface area contributed by atoms with Gasteiger partial charge >= 0.3 is 0 Å². The molecule has 0 spiro atoms. The van der Waals surface area contributed by atoms with E-state index in [-0.39, 0.29) is 6.10 Å². The Morgan fingerprint density at radius 1 is 1.23 bits per heavy atom. The van der Waals surface area contributed by atoms with Crippen LogP contribution in [0.1, 0.15) is 60.3 Å². The fraction of sp³-hybridized carbons (Fsp3) is 1.00. The lowest BCUT2D eigenvalue weighted by Gasteiger charge is -2.32. The molecule has 80 valence electrons. The van der Waals surface area contributed by atoms with Gasteiger partial charge in [0.25, 0.3) is 0 Å². The molecule has 0 rings (SSSR count). The first-order valence-corrected chi connectivity index (χ1v) is 5.63. The largest absolute Gasteiger partial charge is 0.393 e. The lowest BCUT2D eigenvalue weighted by atomic mass is 9.75. The third-order valence-corrected chi connectivity index (χ3v) is 3.35. The van der Waals surface area contributed by atoms with Crippen molar-refractivity contribution in [3.05, 3.63) is 0 Å². The van der Waals surface area contributed by atoms with Gasteiger partial charge in [0.1, 0.15) is 0 Å². The molecule has 0 aliphatic carbocycles. The van der Waals surface area contributed by atoms with Gasteiger partial charge in [-0.3, -0.25) is 0 Å². The number of rotatable bonds is 6. The van der Waals surface area contributed by atoms with Gasteiger partial charge in [0.05, 0.1) is 6.10 Å². The minimum atomic E-state index is -0.164. The number of hydrogen-bond donors (Lipinski definition) is 1. The quantitative estimate of drug-likeness (QED) is 0.672. The molecule has 3 atom stereocenters. The fourth-order valence-corrected chi connectivity index (χ4v) is 1.97. The first-order chi connectivity index (χ1) is 5.95. The van der Waals surface area contributed by atoms with Crippen LogP contribution >= 0.6 is 0 Å². The topological polar surface area (TPSA) is 20.2 Å². The van der Waals surface area contributed by atoms with E-state index in [1.54, 1.807) is 0 Å². The standard InChI is InChI=1S/C12H26O/c1-6-8-12(5,7-2)9-10(3)11(4)13/h10-11,13H,6-9H2,1-5H3. The summed E-state index contributed by atoms with van der Waals surface area (Å²) in [5, 5.41) is 9.45. The first kappa shape index (κ1) is 13.0. The SMILES string of the molecule is CCCC(C)(CC)CC(C)C(C)O. The Morgan fingerprint density at radius 2 is 1.77 bits per heavy atom. The highest BCUT2D eigenvalue weighted by atomic mass is 16.3. The monoisotopic (exact) mass is 186 g/mol. The summed E-state index contributed by atoms with van der Waals surface area (Å²) in [6.45, 7) is 10.9. The van der Waals surface area contributed by atoms with Crippen LogP contribution < -0.4 is 0 Å². The van der Waals surface area contributed by atoms with E-state index in [1.807, 2.05) is 6.92 Å². The number of aliphatic hydroxyl groups is 1. The molecule has 1 N–H and O–H groups in total. The molecular formula is C12H26O. The van der Waals surface area contributed by atoms with Gasteiger partial charge in [-0.15, -0.1) is 0 Å². The Kier molecular flexibility index (Phi) is 5.62. The van der Waals surface area contributed by atoms with Crippen LogP contribution in [0, 0.1) is 11.3 Å². The van der Waals surface area contributed by atoms with Gasteiger partial charge in [-0.25, -0.2) is 0 Å². The lowest BCUT2D eigenvalue weighted by molar-refractivity contribution is 0.0918. The molecule has 0 aromatic rings. The lowest BCUT2D eigenvalue weighted by Crippen LogP contribution is -2.24. The highest BCUT2D eigenvalue weighted by Crippen LogP contribution is 2.35. The van der Waals surface area contributed by atoms with E-state index in [4.69, 9.17) is 0 Å². The van der Waals surface area contributed by atoms with Crippen molar-refractivity contribution in [3.8, 4) is 0 Å². The number of hydrogen-bond acceptors (Lipinski definition) is 1. The molecule has 0 radical (unpaired) electrons. The molecule has 0 aromatic carbocycles. The molecule has 0 saturated heterocycles. The molecule has 0 aromatic heterocycles. The Labute approximate surface area is 83.5 Å². The Morgan fingerprint density at radius 3 is 2.08 bits per heavy atom. The molecule has 0 fully saturated rings. The van der Waals surface area contributed by atoms with Crippen molar-refractivity contribution in [2.75, 3.05) is 0 Å². The van der Waals surface area contributed by atoms with E-state index < -0.39 is 0 Å². The first-order valence-electron chi connectivity index (χ1n) is 5.63. The summed E-state index contributed by atoms with van der Waals surface area (Å²) in [4.78, 5) is 0. The van der Waals surface area contributed by atoms with E-state index in [0.29, 0.717) is 11.3 Å². The zero-order chi connectivity index (χ0) is 10.5. The molecule has 1 nitrogen and oxygen atoms in total. The van der Waals surface area contributed by atoms with Crippen LogP contribution in [0.5, 0.6) is 0 Å². The van der Waals surface area contributed by atoms with Crippen molar-refractivity contribution in [3.63, 3.8) is 0 Å². The van der Waals surface area contributed by atoms with Crippen LogP contribution in [0.25, 0.3) is 0 Å². The third-order valence-electron chi connectivity index (χ3n) is 3.35. The van der Waals surface area contributed by atoms with Gasteiger partial charge in [-0.05, 0) is 31.1 Å². The summed E-state index contributed by atoms with van der Waals surface area (Å²) in [6, 6.07) is 0. The molecule has 0 bridgehead atoms. The normalized spacial score (nSPS) is 20.8. The summed E-state index contributed by atoms with van der Waals surface area (Å²) in [5.41, 5.74) is 0.436. The molecule has 1 heteroatoms. The summed E-state index contributed by atoms with van der Waals surface area (Å²) in [7, 11) is 0. The third kappa shape index (κ3) is 4.66. The second kappa shape index (κ2) is 5.64. The molecule has 3 unspecified atom stereocenters. The minimum Gasteiger partial charge on any atom is -0.393 e. The van der Waals surface area contributed by atoms with Crippen LogP contribution in [0.15, 0.2) is 0 Å². The minimum absolute atomic E-state index is 0.164. The molecule has 0 aliphatic rings. The van der Waals surface area contributed by atoms with Crippen molar-refractivity contribution in [2.45, 2.75) is 66.4 Å². The smallest absolute Gasteiger partial charge is 0.0537 e. The van der Waals surface area contributed by atoms with Gasteiger partial charge in [-0.2, -0.15) is 0 Å². The van der Waals surface area contributed by atoms with Crippen molar-refractivity contribution in [1.82, 2.24) is 0 Å². The molecule has 13 heavy (non-hydrogen) atoms. The second-order valence-electron chi connectivity index (χ2n) is 4.84. The van der Waals surface area contributed by atoms with Crippen LogP contribution in [0.2, 0.25) is 0 Å². The maximum atomic E-state index is 9.45. The summed E-state index contributed by atoms with van der Waals surface area (Å²) < 4.78 is 0. The van der Waals surface area contributed by atoms with Crippen molar-refractivity contribution in [2.24, 2.45) is 11.3 Å². The molecular weight excluding hydrogens is 160 g/mol. The maximum absolute atomic E-state index is 9.45. The molecule has 0 heterocycles. The highest BCUT2D eigenvalue weighted by molar-refractivity contribution is 4.76. The zero-order valence-electron chi connectivity index (χ0n) is 9.93. The van der Waals surface area contributed by atoms with Crippen molar-refractivity contribution < 1.29 is 5.11 Å². The van der Waals surface area contributed by atoms with E-state index in [9.17, 15) is 5.11 Å². The highest BCUT2D eigenvalue weighted by Gasteiger charge is 2.25. The second-order valence-corrected chi connectivity index (χ2v) is 4.84. The van der Waals surface area contributed by atoms with Gasteiger partial charge in [-0.1, -0.05) is 40.5 Å². The van der Waals surface area contributed by atoms with Crippen molar-refractivity contribution >= 4 is 0 Å². The molecule has 0 saturated carbocycles. The van der Waals surface area contributed by atoms with E-state index in [1.165, 1.54) is 19.3 Å². The Bertz CT molecular complexity index is 131. The fourth-order valence-electron chi connectivity index (χ4n) is 1.97. The average molecular weight is 186 g/mol. The van der Waals surface area contributed by atoms with Crippen molar-refractivity contribution in [1.29, 1.82) is 0 Å². The summed E-state index contributed by atoms with van der Waals surface area (Å²) >= 11 is 0. The van der Waals surface area contributed by atoms with E-state index >= 15 is 0 Å². The predicted octanol–water partition coefficient (Wildman–Crippen LogP) is 3.61. The zero-order valence-corrected chi connectivity index (χ0v) is 9.93. The Balaban J connectivity index is 4.09.